The lowest BCUT2D eigenvalue weighted by atomic mass is 10.1. The van der Waals surface area contributed by atoms with Gasteiger partial charge in [-0.1, -0.05) is 12.1 Å². The van der Waals surface area contributed by atoms with Gasteiger partial charge in [-0.25, -0.2) is 13.1 Å². The van der Waals surface area contributed by atoms with Crippen LogP contribution in [0, 0.1) is 0 Å². The monoisotopic (exact) mass is 341 g/mol. The maximum absolute atomic E-state index is 12.4. The number of aliphatic hydroxyl groups is 1. The van der Waals surface area contributed by atoms with E-state index < -0.39 is 33.1 Å². The number of rotatable bonds is 7. The van der Waals surface area contributed by atoms with Gasteiger partial charge in [0, 0.05) is 13.7 Å². The Labute approximate surface area is 127 Å². The Hall–Kier alpha value is -1.16. The Kier molecular flexibility index (Phi) is 5.96. The molecule has 0 saturated carbocycles. The van der Waals surface area contributed by atoms with Crippen molar-refractivity contribution in [3.8, 4) is 0 Å². The summed E-state index contributed by atoms with van der Waals surface area (Å²) < 4.78 is 67.9. The van der Waals surface area contributed by atoms with Crippen LogP contribution in [-0.4, -0.2) is 39.4 Å². The van der Waals surface area contributed by atoms with E-state index in [1.54, 1.807) is 0 Å². The zero-order valence-corrected chi connectivity index (χ0v) is 13.0. The van der Waals surface area contributed by atoms with E-state index in [9.17, 15) is 26.7 Å². The van der Waals surface area contributed by atoms with E-state index in [1.165, 1.54) is 14.0 Å². The van der Waals surface area contributed by atoms with Gasteiger partial charge in [0.2, 0.25) is 10.0 Å². The summed E-state index contributed by atoms with van der Waals surface area (Å²) >= 11 is 0. The first kappa shape index (κ1) is 18.9. The predicted molar refractivity (Wildman–Crippen MR) is 74.6 cm³/mol. The summed E-state index contributed by atoms with van der Waals surface area (Å²) in [6, 6.07) is 3.86. The van der Waals surface area contributed by atoms with Crippen molar-refractivity contribution in [2.75, 3.05) is 20.3 Å². The number of ether oxygens (including phenoxy) is 1. The highest BCUT2D eigenvalue weighted by Gasteiger charge is 2.30. The van der Waals surface area contributed by atoms with E-state index in [1.807, 2.05) is 0 Å². The molecule has 9 heteroatoms. The molecule has 0 bridgehead atoms. The average molecular weight is 341 g/mol. The molecule has 0 heterocycles. The molecule has 1 atom stereocenters. The number of methoxy groups -OCH3 is 1. The van der Waals surface area contributed by atoms with Crippen LogP contribution >= 0.6 is 0 Å². The predicted octanol–water partition coefficient (Wildman–Crippen LogP) is 1.52. The lowest BCUT2D eigenvalue weighted by molar-refractivity contribution is -0.137. The summed E-state index contributed by atoms with van der Waals surface area (Å²) in [7, 11) is -2.42. The number of alkyl halides is 3. The van der Waals surface area contributed by atoms with Crippen LogP contribution < -0.4 is 4.72 Å². The zero-order chi connectivity index (χ0) is 17.0. The lowest BCUT2D eigenvalue weighted by Crippen LogP contribution is -2.44. The van der Waals surface area contributed by atoms with Crippen LogP contribution in [0.4, 0.5) is 13.2 Å². The van der Waals surface area contributed by atoms with Gasteiger partial charge in [-0.3, -0.25) is 0 Å². The molecule has 0 amide bonds. The molecule has 0 saturated heterocycles. The molecule has 2 N–H and O–H groups in total. The molecule has 0 aliphatic carbocycles. The zero-order valence-electron chi connectivity index (χ0n) is 12.1. The highest BCUT2D eigenvalue weighted by molar-refractivity contribution is 7.88. The van der Waals surface area contributed by atoms with Gasteiger partial charge in [-0.2, -0.15) is 13.2 Å². The Morgan fingerprint density at radius 2 is 1.77 bits per heavy atom. The van der Waals surface area contributed by atoms with Crippen LogP contribution in [0.2, 0.25) is 0 Å². The summed E-state index contributed by atoms with van der Waals surface area (Å²) in [5, 5.41) is 9.79. The summed E-state index contributed by atoms with van der Waals surface area (Å²) in [6.07, 6.45) is -4.46. The molecule has 1 aromatic carbocycles. The lowest BCUT2D eigenvalue weighted by Gasteiger charge is -2.22. The number of nitrogens with one attached hydrogen (secondary N) is 1. The van der Waals surface area contributed by atoms with Crippen molar-refractivity contribution in [1.82, 2.24) is 4.72 Å². The van der Waals surface area contributed by atoms with E-state index in [-0.39, 0.29) is 18.7 Å². The van der Waals surface area contributed by atoms with Gasteiger partial charge in [0.05, 0.1) is 23.5 Å². The Balaban J connectivity index is 2.69. The first-order valence-corrected chi connectivity index (χ1v) is 7.95. The summed E-state index contributed by atoms with van der Waals surface area (Å²) in [5.41, 5.74) is -2.00. The first-order valence-electron chi connectivity index (χ1n) is 6.30. The van der Waals surface area contributed by atoms with Crippen molar-refractivity contribution in [2.45, 2.75) is 24.5 Å². The van der Waals surface area contributed by atoms with Crippen LogP contribution in [0.25, 0.3) is 0 Å². The highest BCUT2D eigenvalue weighted by Crippen LogP contribution is 2.29. The van der Waals surface area contributed by atoms with Gasteiger partial charge in [-0.15, -0.1) is 0 Å². The van der Waals surface area contributed by atoms with Crippen molar-refractivity contribution >= 4 is 10.0 Å². The van der Waals surface area contributed by atoms with Crippen LogP contribution in [0.5, 0.6) is 0 Å². The van der Waals surface area contributed by atoms with Gasteiger partial charge in [-0.05, 0) is 24.6 Å². The molecule has 1 unspecified atom stereocenters. The average Bonchev–Trinajstić information content (AvgIpc) is 2.36. The number of hydrogen-bond donors (Lipinski definition) is 2. The molecule has 0 spiro atoms. The third kappa shape index (κ3) is 6.30. The molecule has 0 aliphatic heterocycles. The molecule has 1 rings (SSSR count). The molecular weight excluding hydrogens is 323 g/mol. The molecule has 0 aliphatic rings. The molecule has 0 aromatic heterocycles. The second-order valence-corrected chi connectivity index (χ2v) is 7.01. The molecule has 22 heavy (non-hydrogen) atoms. The fourth-order valence-electron chi connectivity index (χ4n) is 1.69. The minimum atomic E-state index is -4.46. The maximum atomic E-state index is 12.4. The van der Waals surface area contributed by atoms with E-state index in [4.69, 9.17) is 4.74 Å². The van der Waals surface area contributed by atoms with Crippen LogP contribution in [0.3, 0.4) is 0 Å². The van der Waals surface area contributed by atoms with Crippen molar-refractivity contribution in [3.63, 3.8) is 0 Å². The Bertz CT molecular complexity index is 582. The number of halogens is 3. The molecule has 126 valence electrons. The molecule has 0 fully saturated rings. The van der Waals surface area contributed by atoms with Gasteiger partial charge in [0.15, 0.2) is 0 Å². The number of benzene rings is 1. The van der Waals surface area contributed by atoms with Crippen LogP contribution in [-0.2, 0) is 26.7 Å². The fraction of sp³-hybridized carbons (Fsp3) is 0.538. The molecule has 5 nitrogen and oxygen atoms in total. The van der Waals surface area contributed by atoms with Gasteiger partial charge >= 0.3 is 6.18 Å². The second-order valence-electron chi connectivity index (χ2n) is 5.20. The summed E-state index contributed by atoms with van der Waals surface area (Å²) in [6.45, 7) is 1.08. The molecule has 1 aromatic rings. The Morgan fingerprint density at radius 1 is 1.23 bits per heavy atom. The first-order chi connectivity index (χ1) is 9.95. The summed E-state index contributed by atoms with van der Waals surface area (Å²) in [5.74, 6) is -0.478. The minimum absolute atomic E-state index is 0.0597. The van der Waals surface area contributed by atoms with Gasteiger partial charge < -0.3 is 9.84 Å². The highest BCUT2D eigenvalue weighted by atomic mass is 32.2. The molecule has 0 radical (unpaired) electrons. The van der Waals surface area contributed by atoms with Gasteiger partial charge in [0.25, 0.3) is 0 Å². The van der Waals surface area contributed by atoms with E-state index >= 15 is 0 Å². The fourth-order valence-corrected chi connectivity index (χ4v) is 2.95. The topological polar surface area (TPSA) is 75.6 Å². The largest absolute Gasteiger partial charge is 0.416 e. The smallest absolute Gasteiger partial charge is 0.386 e. The second kappa shape index (κ2) is 6.95. The standard InChI is InChI=1S/C13H18F3NO4S/c1-12(18,9-21-2)8-17-22(19,20)7-10-3-5-11(6-4-10)13(14,15)16/h3-6,17-18H,7-9H2,1-2H3. The number of sulfonamides is 1. The van der Waals surface area contributed by atoms with E-state index in [0.717, 1.165) is 24.3 Å². The van der Waals surface area contributed by atoms with Crippen molar-refractivity contribution in [3.05, 3.63) is 35.4 Å². The summed E-state index contributed by atoms with van der Waals surface area (Å²) in [4.78, 5) is 0. The third-order valence-corrected chi connectivity index (χ3v) is 4.06. The van der Waals surface area contributed by atoms with E-state index in [2.05, 4.69) is 4.72 Å². The minimum Gasteiger partial charge on any atom is -0.386 e. The van der Waals surface area contributed by atoms with Crippen LogP contribution in [0.1, 0.15) is 18.1 Å². The van der Waals surface area contributed by atoms with E-state index in [0.29, 0.717) is 0 Å². The maximum Gasteiger partial charge on any atom is 0.416 e. The Morgan fingerprint density at radius 3 is 2.23 bits per heavy atom. The van der Waals surface area contributed by atoms with Crippen LogP contribution in [0.15, 0.2) is 24.3 Å². The number of hydrogen-bond acceptors (Lipinski definition) is 4. The van der Waals surface area contributed by atoms with Crippen molar-refractivity contribution in [2.24, 2.45) is 0 Å². The third-order valence-electron chi connectivity index (χ3n) is 2.77. The van der Waals surface area contributed by atoms with Crippen molar-refractivity contribution < 1.29 is 31.4 Å². The van der Waals surface area contributed by atoms with Gasteiger partial charge in [0.1, 0.15) is 0 Å². The quantitative estimate of drug-likeness (QED) is 0.788. The van der Waals surface area contributed by atoms with Crippen molar-refractivity contribution in [1.29, 1.82) is 0 Å². The molecular formula is C13H18F3NO4S. The SMILES string of the molecule is COCC(C)(O)CNS(=O)(=O)Cc1ccc(C(F)(F)F)cc1. The normalized spacial score (nSPS) is 15.5.